The predicted molar refractivity (Wildman–Crippen MR) is 47.4 cm³/mol. The number of hydrogen-bond donors (Lipinski definition) is 0. The number of ether oxygens (including phenoxy) is 2. The van der Waals surface area contributed by atoms with Crippen molar-refractivity contribution >= 4 is 5.78 Å². The minimum atomic E-state index is -0.496. The molecule has 1 heterocycles. The van der Waals surface area contributed by atoms with Gasteiger partial charge >= 0.3 is 0 Å². The number of benzene rings is 1. The molecule has 0 atom stereocenters. The summed E-state index contributed by atoms with van der Waals surface area (Å²) in [7, 11) is 0. The van der Waals surface area contributed by atoms with Gasteiger partial charge in [0.1, 0.15) is 13.2 Å². The van der Waals surface area contributed by atoms with Crippen molar-refractivity contribution in [1.29, 1.82) is 0 Å². The summed E-state index contributed by atoms with van der Waals surface area (Å²) < 4.78 is 23.5. The summed E-state index contributed by atoms with van der Waals surface area (Å²) in [4.78, 5) is 11.2. The van der Waals surface area contributed by atoms with E-state index in [0.29, 0.717) is 18.8 Å². The normalized spacial score (nSPS) is 13.9. The molecule has 4 heteroatoms. The van der Waals surface area contributed by atoms with Crippen LogP contribution in [0, 0.1) is 5.82 Å². The van der Waals surface area contributed by atoms with Crippen molar-refractivity contribution in [2.45, 2.75) is 6.92 Å². The number of halogens is 1. The van der Waals surface area contributed by atoms with Crippen molar-refractivity contribution in [3.8, 4) is 11.5 Å². The quantitative estimate of drug-likeness (QED) is 0.642. The van der Waals surface area contributed by atoms with Crippen molar-refractivity contribution in [2.75, 3.05) is 13.2 Å². The van der Waals surface area contributed by atoms with Gasteiger partial charge in [0.2, 0.25) is 0 Å². The van der Waals surface area contributed by atoms with Crippen LogP contribution in [0.25, 0.3) is 0 Å². The monoisotopic (exact) mass is 196 g/mol. The molecule has 14 heavy (non-hydrogen) atoms. The fourth-order valence-corrected chi connectivity index (χ4v) is 1.38. The fraction of sp³-hybridized carbons (Fsp3) is 0.300. The van der Waals surface area contributed by atoms with Crippen LogP contribution in [0.2, 0.25) is 0 Å². The van der Waals surface area contributed by atoms with Crippen LogP contribution in [0.3, 0.4) is 0 Å². The van der Waals surface area contributed by atoms with Gasteiger partial charge in [-0.1, -0.05) is 0 Å². The molecule has 0 unspecified atom stereocenters. The molecule has 0 fully saturated rings. The largest absolute Gasteiger partial charge is 0.485 e. The number of rotatable bonds is 1. The lowest BCUT2D eigenvalue weighted by molar-refractivity contribution is 0.100. The highest BCUT2D eigenvalue weighted by molar-refractivity contribution is 5.97. The zero-order chi connectivity index (χ0) is 10.1. The second-order valence-corrected chi connectivity index (χ2v) is 3.01. The Bertz CT molecular complexity index is 387. The maximum Gasteiger partial charge on any atom is 0.197 e. The predicted octanol–water partition coefficient (Wildman–Crippen LogP) is 1.80. The zero-order valence-corrected chi connectivity index (χ0v) is 7.67. The van der Waals surface area contributed by atoms with Gasteiger partial charge in [-0.25, -0.2) is 4.39 Å². The zero-order valence-electron chi connectivity index (χ0n) is 7.67. The second kappa shape index (κ2) is 3.29. The van der Waals surface area contributed by atoms with Crippen molar-refractivity contribution in [1.82, 2.24) is 0 Å². The Labute approximate surface area is 80.4 Å². The van der Waals surface area contributed by atoms with Crippen LogP contribution in [0.5, 0.6) is 11.5 Å². The molecular weight excluding hydrogens is 187 g/mol. The summed E-state index contributed by atoms with van der Waals surface area (Å²) in [6.45, 7) is 2.06. The molecule has 1 aromatic carbocycles. The molecule has 0 spiro atoms. The van der Waals surface area contributed by atoms with Gasteiger partial charge in [0, 0.05) is 0 Å². The summed E-state index contributed by atoms with van der Waals surface area (Å²) in [5.41, 5.74) is 0.362. The Morgan fingerprint density at radius 2 is 1.93 bits per heavy atom. The number of hydrogen-bond acceptors (Lipinski definition) is 3. The van der Waals surface area contributed by atoms with Gasteiger partial charge in [-0.05, 0) is 19.1 Å². The van der Waals surface area contributed by atoms with E-state index >= 15 is 0 Å². The Kier molecular flexibility index (Phi) is 2.11. The molecule has 0 saturated heterocycles. The van der Waals surface area contributed by atoms with Crippen LogP contribution in [0.15, 0.2) is 12.1 Å². The smallest absolute Gasteiger partial charge is 0.197 e. The molecule has 0 aliphatic carbocycles. The van der Waals surface area contributed by atoms with Gasteiger partial charge < -0.3 is 9.47 Å². The van der Waals surface area contributed by atoms with Gasteiger partial charge in [-0.2, -0.15) is 0 Å². The first-order valence-electron chi connectivity index (χ1n) is 4.29. The third-order valence-electron chi connectivity index (χ3n) is 2.02. The number of carbonyl (C=O) groups excluding carboxylic acids is 1. The minimum absolute atomic E-state index is 0.0453. The van der Waals surface area contributed by atoms with Gasteiger partial charge in [-0.3, -0.25) is 4.79 Å². The second-order valence-electron chi connectivity index (χ2n) is 3.01. The van der Waals surface area contributed by atoms with Gasteiger partial charge in [-0.15, -0.1) is 0 Å². The molecule has 2 rings (SSSR count). The summed E-state index contributed by atoms with van der Waals surface area (Å²) in [6.07, 6.45) is 0. The Morgan fingerprint density at radius 3 is 2.57 bits per heavy atom. The summed E-state index contributed by atoms with van der Waals surface area (Å²) >= 11 is 0. The fourth-order valence-electron chi connectivity index (χ4n) is 1.38. The number of ketones is 1. The van der Waals surface area contributed by atoms with Crippen molar-refractivity contribution in [3.05, 3.63) is 23.5 Å². The Hall–Kier alpha value is -1.58. The third kappa shape index (κ3) is 1.32. The molecule has 74 valence electrons. The number of fused-ring (bicyclic) bond motifs is 1. The first-order valence-corrected chi connectivity index (χ1v) is 4.29. The van der Waals surface area contributed by atoms with Crippen LogP contribution >= 0.6 is 0 Å². The van der Waals surface area contributed by atoms with Crippen molar-refractivity contribution in [2.24, 2.45) is 0 Å². The molecule has 0 radical (unpaired) electrons. The molecule has 0 N–H and O–H groups in total. The highest BCUT2D eigenvalue weighted by Gasteiger charge is 2.21. The van der Waals surface area contributed by atoms with Crippen molar-refractivity contribution < 1.29 is 18.7 Å². The average Bonchev–Trinajstić information content (AvgIpc) is 2.18. The van der Waals surface area contributed by atoms with E-state index in [4.69, 9.17) is 9.47 Å². The molecular formula is C10H9FO3. The molecule has 1 aliphatic rings. The first-order chi connectivity index (χ1) is 6.70. The van der Waals surface area contributed by atoms with E-state index in [1.807, 2.05) is 0 Å². The lowest BCUT2D eigenvalue weighted by atomic mass is 10.1. The van der Waals surface area contributed by atoms with Crippen molar-refractivity contribution in [3.63, 3.8) is 0 Å². The molecule has 1 aromatic rings. The van der Waals surface area contributed by atoms with Crippen LogP contribution < -0.4 is 9.47 Å². The molecule has 0 saturated carbocycles. The van der Waals surface area contributed by atoms with E-state index in [2.05, 4.69) is 0 Å². The van der Waals surface area contributed by atoms with E-state index in [-0.39, 0.29) is 17.3 Å². The Morgan fingerprint density at radius 1 is 1.29 bits per heavy atom. The maximum absolute atomic E-state index is 13.2. The van der Waals surface area contributed by atoms with Crippen LogP contribution in [-0.4, -0.2) is 19.0 Å². The van der Waals surface area contributed by atoms with Crippen LogP contribution in [0.4, 0.5) is 4.39 Å². The standard InChI is InChI=1S/C10H9FO3/c1-6(12)7-2-3-8(11)10-9(7)13-4-5-14-10/h2-3H,4-5H2,1H3. The lowest BCUT2D eigenvalue weighted by Crippen LogP contribution is -2.18. The van der Waals surface area contributed by atoms with E-state index in [1.54, 1.807) is 0 Å². The highest BCUT2D eigenvalue weighted by atomic mass is 19.1. The summed E-state index contributed by atoms with van der Waals surface area (Å²) in [5, 5.41) is 0. The van der Waals surface area contributed by atoms with E-state index in [0.717, 1.165) is 0 Å². The van der Waals surface area contributed by atoms with Gasteiger partial charge in [0.25, 0.3) is 0 Å². The first kappa shape index (κ1) is 8.99. The summed E-state index contributed by atoms with van der Waals surface area (Å²) in [6, 6.07) is 2.62. The number of Topliss-reactive ketones (excluding diaryl/α,β-unsaturated/α-hetero) is 1. The van der Waals surface area contributed by atoms with Gasteiger partial charge in [0.05, 0.1) is 5.56 Å². The maximum atomic E-state index is 13.2. The molecule has 1 aliphatic heterocycles. The SMILES string of the molecule is CC(=O)c1ccc(F)c2c1OCCO2. The molecule has 0 aromatic heterocycles. The van der Waals surface area contributed by atoms with E-state index in [1.165, 1.54) is 19.1 Å². The lowest BCUT2D eigenvalue weighted by Gasteiger charge is -2.20. The summed E-state index contributed by atoms with van der Waals surface area (Å²) in [5.74, 6) is -0.385. The third-order valence-corrected chi connectivity index (χ3v) is 2.02. The van der Waals surface area contributed by atoms with E-state index in [9.17, 15) is 9.18 Å². The minimum Gasteiger partial charge on any atom is -0.485 e. The van der Waals surface area contributed by atoms with E-state index < -0.39 is 5.82 Å². The topological polar surface area (TPSA) is 35.5 Å². The average molecular weight is 196 g/mol. The number of carbonyl (C=O) groups is 1. The molecule has 0 bridgehead atoms. The van der Waals surface area contributed by atoms with Gasteiger partial charge in [0.15, 0.2) is 23.1 Å². The molecule has 3 nitrogen and oxygen atoms in total. The highest BCUT2D eigenvalue weighted by Crippen LogP contribution is 2.36. The van der Waals surface area contributed by atoms with Crippen LogP contribution in [0.1, 0.15) is 17.3 Å². The molecule has 0 amide bonds. The Balaban J connectivity index is 2.59. The van der Waals surface area contributed by atoms with Crippen LogP contribution in [-0.2, 0) is 0 Å².